The summed E-state index contributed by atoms with van der Waals surface area (Å²) in [5.74, 6) is 2.39. The number of carbonyl (C=O) groups is 1. The summed E-state index contributed by atoms with van der Waals surface area (Å²) in [4.78, 5) is 12.5. The summed E-state index contributed by atoms with van der Waals surface area (Å²) in [5, 5.41) is 11.4. The minimum atomic E-state index is -0.0538. The van der Waals surface area contributed by atoms with Crippen LogP contribution >= 0.6 is 0 Å². The summed E-state index contributed by atoms with van der Waals surface area (Å²) in [7, 11) is 1.63. The smallest absolute Gasteiger partial charge is 0.249 e. The molecular weight excluding hydrogens is 368 g/mol. The molecule has 3 aromatic rings. The van der Waals surface area contributed by atoms with Crippen LogP contribution < -0.4 is 10.1 Å². The van der Waals surface area contributed by atoms with E-state index in [2.05, 4.69) is 15.5 Å². The van der Waals surface area contributed by atoms with Crippen LogP contribution in [0, 0.1) is 13.8 Å². The molecule has 0 radical (unpaired) electrons. The molecule has 0 atom stereocenters. The van der Waals surface area contributed by atoms with Gasteiger partial charge in [0, 0.05) is 23.9 Å². The van der Waals surface area contributed by atoms with Crippen molar-refractivity contribution in [2.45, 2.75) is 52.1 Å². The molecule has 1 amide bonds. The molecule has 0 spiro atoms. The van der Waals surface area contributed by atoms with Crippen molar-refractivity contribution >= 4 is 5.91 Å². The maximum Gasteiger partial charge on any atom is 0.249 e. The lowest BCUT2D eigenvalue weighted by atomic mass is 9.85. The molecule has 7 heteroatoms. The Morgan fingerprint density at radius 3 is 2.83 bits per heavy atom. The molecule has 0 unspecified atom stereocenters. The highest BCUT2D eigenvalue weighted by atomic mass is 16.5. The summed E-state index contributed by atoms with van der Waals surface area (Å²) in [6, 6.07) is 9.67. The lowest BCUT2D eigenvalue weighted by Gasteiger charge is -2.20. The van der Waals surface area contributed by atoms with Gasteiger partial charge in [0.05, 0.1) is 12.7 Å². The van der Waals surface area contributed by atoms with Crippen LogP contribution in [0.15, 0.2) is 34.7 Å². The number of rotatable bonds is 7. The van der Waals surface area contributed by atoms with Gasteiger partial charge in [0.2, 0.25) is 17.7 Å². The van der Waals surface area contributed by atoms with Crippen molar-refractivity contribution in [3.8, 4) is 17.2 Å². The molecule has 0 aliphatic heterocycles. The van der Waals surface area contributed by atoms with E-state index in [1.54, 1.807) is 7.11 Å². The molecular formula is C22H26N4O3. The number of nitrogens with zero attached hydrogens (tertiary/aromatic N) is 3. The van der Waals surface area contributed by atoms with Gasteiger partial charge in [-0.15, -0.1) is 10.2 Å². The molecule has 0 saturated heterocycles. The molecule has 1 fully saturated rings. The molecule has 1 saturated carbocycles. The molecule has 1 N–H and O–H groups in total. The van der Waals surface area contributed by atoms with E-state index in [4.69, 9.17) is 9.15 Å². The molecule has 0 bridgehead atoms. The first-order chi connectivity index (χ1) is 14.0. The Morgan fingerprint density at radius 2 is 2.10 bits per heavy atom. The highest BCUT2D eigenvalue weighted by Gasteiger charge is 2.26. The van der Waals surface area contributed by atoms with Gasteiger partial charge >= 0.3 is 0 Å². The summed E-state index contributed by atoms with van der Waals surface area (Å²) in [6.07, 6.45) is 3.46. The number of aromatic nitrogens is 3. The maximum atomic E-state index is 12.5. The number of hydrogen-bond donors (Lipinski definition) is 1. The molecule has 1 aromatic carbocycles. The van der Waals surface area contributed by atoms with E-state index in [1.165, 1.54) is 6.42 Å². The summed E-state index contributed by atoms with van der Waals surface area (Å²) in [5.41, 5.74) is 3.81. The van der Waals surface area contributed by atoms with Crippen LogP contribution in [-0.4, -0.2) is 27.8 Å². The van der Waals surface area contributed by atoms with E-state index in [0.717, 1.165) is 47.0 Å². The van der Waals surface area contributed by atoms with E-state index in [9.17, 15) is 4.79 Å². The Morgan fingerprint density at radius 1 is 1.28 bits per heavy atom. The van der Waals surface area contributed by atoms with Crippen molar-refractivity contribution in [3.63, 3.8) is 0 Å². The van der Waals surface area contributed by atoms with E-state index in [0.29, 0.717) is 18.4 Å². The standard InChI is InChI=1S/C22H26N4O3/c1-14-10-19(22-25-24-21(29-22)17-7-5-8-17)15(2)26(14)13-20(27)23-12-16-6-4-9-18(11-16)28-3/h4,6,9-11,17H,5,7-8,12-13H2,1-3H3,(H,23,27). The van der Waals surface area contributed by atoms with Crippen LogP contribution in [-0.2, 0) is 17.9 Å². The fraction of sp³-hybridized carbons (Fsp3) is 0.409. The highest BCUT2D eigenvalue weighted by molar-refractivity contribution is 5.76. The summed E-state index contributed by atoms with van der Waals surface area (Å²) in [6.45, 7) is 4.65. The normalized spacial score (nSPS) is 13.9. The molecule has 2 aromatic heterocycles. The third kappa shape index (κ3) is 4.04. The minimum absolute atomic E-state index is 0.0538. The monoisotopic (exact) mass is 394 g/mol. The number of benzene rings is 1. The Hall–Kier alpha value is -3.09. The first-order valence-electron chi connectivity index (χ1n) is 9.95. The quantitative estimate of drug-likeness (QED) is 0.660. The number of aryl methyl sites for hydroxylation is 1. The predicted octanol–water partition coefficient (Wildman–Crippen LogP) is 3.75. The zero-order valence-corrected chi connectivity index (χ0v) is 17.1. The molecule has 7 nitrogen and oxygen atoms in total. The van der Waals surface area contributed by atoms with Gasteiger partial charge in [-0.1, -0.05) is 18.6 Å². The largest absolute Gasteiger partial charge is 0.497 e. The van der Waals surface area contributed by atoms with E-state index >= 15 is 0 Å². The SMILES string of the molecule is COc1cccc(CNC(=O)Cn2c(C)cc(-c3nnc(C4CCC4)o3)c2C)c1. The molecule has 1 aliphatic carbocycles. The minimum Gasteiger partial charge on any atom is -0.497 e. The first-order valence-corrected chi connectivity index (χ1v) is 9.95. The number of amides is 1. The predicted molar refractivity (Wildman–Crippen MR) is 109 cm³/mol. The van der Waals surface area contributed by atoms with E-state index in [1.807, 2.05) is 48.7 Å². The first kappa shape index (κ1) is 19.2. The third-order valence-corrected chi connectivity index (χ3v) is 5.62. The van der Waals surface area contributed by atoms with Gasteiger partial charge in [0.1, 0.15) is 12.3 Å². The van der Waals surface area contributed by atoms with Crippen LogP contribution in [0.25, 0.3) is 11.5 Å². The topological polar surface area (TPSA) is 82.2 Å². The zero-order valence-electron chi connectivity index (χ0n) is 17.1. The molecule has 4 rings (SSSR count). The van der Waals surface area contributed by atoms with Gasteiger partial charge in [-0.05, 0) is 50.5 Å². The Bertz CT molecular complexity index is 1020. The Balaban J connectivity index is 1.43. The van der Waals surface area contributed by atoms with Crippen molar-refractivity contribution in [2.24, 2.45) is 0 Å². The summed E-state index contributed by atoms with van der Waals surface area (Å²) < 4.78 is 13.1. The van der Waals surface area contributed by atoms with E-state index in [-0.39, 0.29) is 12.5 Å². The van der Waals surface area contributed by atoms with Crippen LogP contribution in [0.5, 0.6) is 5.75 Å². The number of nitrogens with one attached hydrogen (secondary N) is 1. The Kier molecular flexibility index (Phi) is 5.38. The van der Waals surface area contributed by atoms with Crippen molar-refractivity contribution in [1.82, 2.24) is 20.1 Å². The van der Waals surface area contributed by atoms with Crippen LogP contribution in [0.3, 0.4) is 0 Å². The molecule has 152 valence electrons. The van der Waals surface area contributed by atoms with Crippen LogP contribution in [0.1, 0.15) is 48.0 Å². The van der Waals surface area contributed by atoms with Gasteiger partial charge in [-0.25, -0.2) is 0 Å². The molecule has 29 heavy (non-hydrogen) atoms. The van der Waals surface area contributed by atoms with Crippen molar-refractivity contribution < 1.29 is 13.9 Å². The number of carbonyl (C=O) groups excluding carboxylic acids is 1. The summed E-state index contributed by atoms with van der Waals surface area (Å²) >= 11 is 0. The average molecular weight is 394 g/mol. The van der Waals surface area contributed by atoms with Crippen molar-refractivity contribution in [3.05, 3.63) is 53.2 Å². The number of methoxy groups -OCH3 is 1. The maximum absolute atomic E-state index is 12.5. The second kappa shape index (κ2) is 8.11. The van der Waals surface area contributed by atoms with Gasteiger partial charge in [0.15, 0.2) is 0 Å². The number of ether oxygens (including phenoxy) is 1. The van der Waals surface area contributed by atoms with Gasteiger partial charge < -0.3 is 19.0 Å². The van der Waals surface area contributed by atoms with Gasteiger partial charge in [-0.3, -0.25) is 4.79 Å². The fourth-order valence-corrected chi connectivity index (χ4v) is 3.61. The highest BCUT2D eigenvalue weighted by Crippen LogP contribution is 2.37. The lowest BCUT2D eigenvalue weighted by molar-refractivity contribution is -0.121. The van der Waals surface area contributed by atoms with Crippen LogP contribution in [0.2, 0.25) is 0 Å². The lowest BCUT2D eigenvalue weighted by Crippen LogP contribution is -2.27. The average Bonchev–Trinajstić information content (AvgIpc) is 3.25. The van der Waals surface area contributed by atoms with Gasteiger partial charge in [-0.2, -0.15) is 0 Å². The molecule has 2 heterocycles. The van der Waals surface area contributed by atoms with E-state index < -0.39 is 0 Å². The number of hydrogen-bond acceptors (Lipinski definition) is 5. The van der Waals surface area contributed by atoms with Gasteiger partial charge in [0.25, 0.3) is 0 Å². The fourth-order valence-electron chi connectivity index (χ4n) is 3.61. The van der Waals surface area contributed by atoms with Crippen molar-refractivity contribution in [2.75, 3.05) is 7.11 Å². The van der Waals surface area contributed by atoms with Crippen molar-refractivity contribution in [1.29, 1.82) is 0 Å². The second-order valence-corrected chi connectivity index (χ2v) is 7.57. The van der Waals surface area contributed by atoms with Crippen LogP contribution in [0.4, 0.5) is 0 Å². The third-order valence-electron chi connectivity index (χ3n) is 5.62. The molecule has 1 aliphatic rings. The zero-order chi connectivity index (χ0) is 20.4. The second-order valence-electron chi connectivity index (χ2n) is 7.57. The Labute approximate surface area is 170 Å².